The molecule has 1 aliphatic heterocycles. The van der Waals surface area contributed by atoms with Crippen molar-refractivity contribution in [1.29, 1.82) is 0 Å². The van der Waals surface area contributed by atoms with E-state index in [2.05, 4.69) is 12.2 Å². The summed E-state index contributed by atoms with van der Waals surface area (Å²) < 4.78 is 0. The van der Waals surface area contributed by atoms with E-state index in [4.69, 9.17) is 0 Å². The number of rotatable bonds is 5. The van der Waals surface area contributed by atoms with E-state index in [-0.39, 0.29) is 24.2 Å². The average Bonchev–Trinajstić information content (AvgIpc) is 2.98. The van der Waals surface area contributed by atoms with Gasteiger partial charge in [-0.3, -0.25) is 9.59 Å². The molecule has 0 bridgehead atoms. The minimum Gasteiger partial charge on any atom is -0.338 e. The van der Waals surface area contributed by atoms with Crippen LogP contribution in [0, 0.1) is 12.8 Å². The van der Waals surface area contributed by atoms with Gasteiger partial charge >= 0.3 is 0 Å². The van der Waals surface area contributed by atoms with Crippen molar-refractivity contribution >= 4 is 17.5 Å². The summed E-state index contributed by atoms with van der Waals surface area (Å²) in [5.41, 5.74) is 4.25. The average molecular weight is 336 g/mol. The number of hydrogen-bond donors (Lipinski definition) is 1. The molecule has 2 aromatic rings. The maximum Gasteiger partial charge on any atom is 0.229 e. The number of carbonyl (C=O) groups excluding carboxylic acids is 2. The van der Waals surface area contributed by atoms with Gasteiger partial charge in [0.15, 0.2) is 0 Å². The van der Waals surface area contributed by atoms with Gasteiger partial charge in [0.25, 0.3) is 0 Å². The monoisotopic (exact) mass is 336 g/mol. The van der Waals surface area contributed by atoms with Crippen molar-refractivity contribution in [2.45, 2.75) is 33.2 Å². The van der Waals surface area contributed by atoms with Crippen LogP contribution in [0.1, 0.15) is 30.0 Å². The SMILES string of the molecule is CCc1ccccc1NC(=O)[C@@H]1CC(=O)N(Cc2ccc(C)cc2)C1. The van der Waals surface area contributed by atoms with E-state index >= 15 is 0 Å². The van der Waals surface area contributed by atoms with Crippen molar-refractivity contribution in [3.8, 4) is 0 Å². The molecule has 1 N–H and O–H groups in total. The molecule has 4 nitrogen and oxygen atoms in total. The van der Waals surface area contributed by atoms with Crippen LogP contribution < -0.4 is 5.32 Å². The molecule has 130 valence electrons. The van der Waals surface area contributed by atoms with Crippen molar-refractivity contribution < 1.29 is 9.59 Å². The molecular weight excluding hydrogens is 312 g/mol. The summed E-state index contributed by atoms with van der Waals surface area (Å²) in [7, 11) is 0. The molecule has 25 heavy (non-hydrogen) atoms. The highest BCUT2D eigenvalue weighted by Crippen LogP contribution is 2.23. The van der Waals surface area contributed by atoms with Gasteiger partial charge in [-0.2, -0.15) is 0 Å². The first-order valence-electron chi connectivity index (χ1n) is 8.79. The highest BCUT2D eigenvalue weighted by Gasteiger charge is 2.34. The lowest BCUT2D eigenvalue weighted by Crippen LogP contribution is -2.28. The molecule has 1 atom stereocenters. The zero-order valence-corrected chi connectivity index (χ0v) is 14.8. The lowest BCUT2D eigenvalue weighted by atomic mass is 10.1. The zero-order valence-electron chi connectivity index (χ0n) is 14.8. The summed E-state index contributed by atoms with van der Waals surface area (Å²) in [6, 6.07) is 16.0. The predicted molar refractivity (Wildman–Crippen MR) is 99.2 cm³/mol. The van der Waals surface area contributed by atoms with Crippen LogP contribution in [0.25, 0.3) is 0 Å². The number of nitrogens with zero attached hydrogens (tertiary/aromatic N) is 1. The Morgan fingerprint density at radius 1 is 1.16 bits per heavy atom. The summed E-state index contributed by atoms with van der Waals surface area (Å²) in [5, 5.41) is 3.00. The van der Waals surface area contributed by atoms with Crippen LogP contribution in [0.4, 0.5) is 5.69 Å². The highest BCUT2D eigenvalue weighted by atomic mass is 16.2. The third kappa shape index (κ3) is 4.08. The summed E-state index contributed by atoms with van der Waals surface area (Å²) in [4.78, 5) is 26.6. The maximum atomic E-state index is 12.6. The normalized spacial score (nSPS) is 17.0. The standard InChI is InChI=1S/C21H24N2O2/c1-3-17-6-4-5-7-19(17)22-21(25)18-12-20(24)23(14-18)13-16-10-8-15(2)9-11-16/h4-11,18H,3,12-14H2,1-2H3,(H,22,25)/t18-/m1/s1. The highest BCUT2D eigenvalue weighted by molar-refractivity contribution is 5.97. The summed E-state index contributed by atoms with van der Waals surface area (Å²) in [6.45, 7) is 5.15. The lowest BCUT2D eigenvalue weighted by Gasteiger charge is -2.17. The van der Waals surface area contributed by atoms with Gasteiger partial charge in [-0.15, -0.1) is 0 Å². The third-order valence-electron chi connectivity index (χ3n) is 4.74. The van der Waals surface area contributed by atoms with E-state index in [1.807, 2.05) is 55.5 Å². The Morgan fingerprint density at radius 3 is 2.60 bits per heavy atom. The molecule has 1 fully saturated rings. The number of hydrogen-bond acceptors (Lipinski definition) is 2. The molecular formula is C21H24N2O2. The second kappa shape index (κ2) is 7.51. The van der Waals surface area contributed by atoms with Crippen LogP contribution in [-0.4, -0.2) is 23.3 Å². The number of likely N-dealkylation sites (tertiary alicyclic amines) is 1. The lowest BCUT2D eigenvalue weighted by molar-refractivity contribution is -0.128. The first-order valence-corrected chi connectivity index (χ1v) is 8.79. The molecule has 0 unspecified atom stereocenters. The maximum absolute atomic E-state index is 12.6. The van der Waals surface area contributed by atoms with Crippen molar-refractivity contribution in [2.24, 2.45) is 5.92 Å². The number of benzene rings is 2. The van der Waals surface area contributed by atoms with Crippen LogP contribution in [0.3, 0.4) is 0 Å². The van der Waals surface area contributed by atoms with Gasteiger partial charge in [0.2, 0.25) is 11.8 Å². The van der Waals surface area contributed by atoms with Gasteiger partial charge in [-0.25, -0.2) is 0 Å². The Kier molecular flexibility index (Phi) is 5.17. The Balaban J connectivity index is 1.63. The quantitative estimate of drug-likeness (QED) is 0.908. The molecule has 0 radical (unpaired) electrons. The van der Waals surface area contributed by atoms with Crippen molar-refractivity contribution in [2.75, 3.05) is 11.9 Å². The number of aryl methyl sites for hydroxylation is 2. The van der Waals surface area contributed by atoms with E-state index in [9.17, 15) is 9.59 Å². The third-order valence-corrected chi connectivity index (χ3v) is 4.74. The van der Waals surface area contributed by atoms with E-state index in [1.165, 1.54) is 5.56 Å². The first kappa shape index (κ1) is 17.2. The Morgan fingerprint density at radius 2 is 1.88 bits per heavy atom. The zero-order chi connectivity index (χ0) is 17.8. The number of amides is 2. The smallest absolute Gasteiger partial charge is 0.229 e. The summed E-state index contributed by atoms with van der Waals surface area (Å²) in [6.07, 6.45) is 1.14. The van der Waals surface area contributed by atoms with Crippen molar-refractivity contribution in [3.05, 3.63) is 65.2 Å². The van der Waals surface area contributed by atoms with E-state index in [0.29, 0.717) is 13.1 Å². The molecule has 1 aliphatic rings. The van der Waals surface area contributed by atoms with Gasteiger partial charge in [0, 0.05) is 25.2 Å². The molecule has 0 aliphatic carbocycles. The summed E-state index contributed by atoms with van der Waals surface area (Å²) in [5.74, 6) is -0.312. The van der Waals surface area contributed by atoms with E-state index in [0.717, 1.165) is 23.2 Å². The van der Waals surface area contributed by atoms with Crippen LogP contribution in [-0.2, 0) is 22.6 Å². The molecule has 4 heteroatoms. The summed E-state index contributed by atoms with van der Waals surface area (Å²) >= 11 is 0. The molecule has 0 saturated carbocycles. The topological polar surface area (TPSA) is 49.4 Å². The van der Waals surface area contributed by atoms with Crippen LogP contribution in [0.15, 0.2) is 48.5 Å². The second-order valence-corrected chi connectivity index (χ2v) is 6.66. The van der Waals surface area contributed by atoms with Crippen molar-refractivity contribution in [1.82, 2.24) is 4.90 Å². The second-order valence-electron chi connectivity index (χ2n) is 6.66. The van der Waals surface area contributed by atoms with Crippen molar-refractivity contribution in [3.63, 3.8) is 0 Å². The Labute approximate surface area is 148 Å². The largest absolute Gasteiger partial charge is 0.338 e. The Hall–Kier alpha value is -2.62. The number of carbonyl (C=O) groups is 2. The molecule has 3 rings (SSSR count). The Bertz CT molecular complexity index is 768. The number of para-hydroxylation sites is 1. The van der Waals surface area contributed by atoms with Gasteiger partial charge < -0.3 is 10.2 Å². The molecule has 1 heterocycles. The fourth-order valence-corrected chi connectivity index (χ4v) is 3.20. The molecule has 2 amide bonds. The van der Waals surface area contributed by atoms with E-state index in [1.54, 1.807) is 4.90 Å². The van der Waals surface area contributed by atoms with Gasteiger partial charge in [0.1, 0.15) is 0 Å². The number of nitrogens with one attached hydrogen (secondary N) is 1. The molecule has 2 aromatic carbocycles. The van der Waals surface area contributed by atoms with Crippen LogP contribution in [0.5, 0.6) is 0 Å². The van der Waals surface area contributed by atoms with Crippen LogP contribution in [0.2, 0.25) is 0 Å². The van der Waals surface area contributed by atoms with Gasteiger partial charge in [-0.1, -0.05) is 55.0 Å². The molecule has 1 saturated heterocycles. The van der Waals surface area contributed by atoms with Crippen LogP contribution >= 0.6 is 0 Å². The molecule has 0 spiro atoms. The molecule has 0 aromatic heterocycles. The van der Waals surface area contributed by atoms with E-state index < -0.39 is 0 Å². The predicted octanol–water partition coefficient (Wildman–Crippen LogP) is 3.54. The fourth-order valence-electron chi connectivity index (χ4n) is 3.20. The minimum absolute atomic E-state index is 0.0458. The minimum atomic E-state index is -0.289. The van der Waals surface area contributed by atoms with Gasteiger partial charge in [0.05, 0.1) is 5.92 Å². The fraction of sp³-hybridized carbons (Fsp3) is 0.333. The number of anilines is 1. The van der Waals surface area contributed by atoms with Gasteiger partial charge in [-0.05, 0) is 30.5 Å². The first-order chi connectivity index (χ1) is 12.1.